The Balaban J connectivity index is 2.14. The number of aromatic nitrogens is 2. The molecule has 0 N–H and O–H groups in total. The minimum Gasteiger partial charge on any atom is -0.449 e. The lowest BCUT2D eigenvalue weighted by Crippen LogP contribution is -1.86. The summed E-state index contributed by atoms with van der Waals surface area (Å²) in [6, 6.07) is 6.08. The van der Waals surface area contributed by atoms with Gasteiger partial charge in [0.25, 0.3) is 0 Å². The predicted molar refractivity (Wildman–Crippen MR) is 80.2 cm³/mol. The molecule has 0 bridgehead atoms. The van der Waals surface area contributed by atoms with Crippen molar-refractivity contribution in [3.63, 3.8) is 0 Å². The summed E-state index contributed by atoms with van der Waals surface area (Å²) in [4.78, 5) is 8.89. The fourth-order valence-electron chi connectivity index (χ4n) is 1.90. The molecule has 0 radical (unpaired) electrons. The van der Waals surface area contributed by atoms with Crippen LogP contribution in [0.4, 0.5) is 0 Å². The third-order valence-corrected chi connectivity index (χ3v) is 4.42. The lowest BCUT2D eigenvalue weighted by molar-refractivity contribution is 0.521. The van der Waals surface area contributed by atoms with Crippen molar-refractivity contribution in [2.24, 2.45) is 0 Å². The quantitative estimate of drug-likeness (QED) is 0.672. The summed E-state index contributed by atoms with van der Waals surface area (Å²) in [7, 11) is 0. The molecular formula is C14H11BrN2OS. The van der Waals surface area contributed by atoms with E-state index >= 15 is 0 Å². The first kappa shape index (κ1) is 12.6. The first-order valence-corrected chi connectivity index (χ1v) is 7.46. The lowest BCUT2D eigenvalue weighted by atomic mass is 10.1. The number of rotatable bonds is 2. The molecule has 2 heterocycles. The number of oxazole rings is 1. The van der Waals surface area contributed by atoms with Crippen molar-refractivity contribution in [1.29, 1.82) is 0 Å². The first-order valence-electron chi connectivity index (χ1n) is 5.78. The highest BCUT2D eigenvalue weighted by molar-refractivity contribution is 9.10. The zero-order valence-electron chi connectivity index (χ0n) is 10.5. The summed E-state index contributed by atoms with van der Waals surface area (Å²) in [5, 5.41) is 3.12. The number of halogens is 1. The van der Waals surface area contributed by atoms with Crippen molar-refractivity contribution >= 4 is 27.3 Å². The van der Waals surface area contributed by atoms with Crippen LogP contribution < -0.4 is 0 Å². The minimum absolute atomic E-state index is 0.664. The Hall–Kier alpha value is -1.46. The Morgan fingerprint density at radius 3 is 2.42 bits per heavy atom. The van der Waals surface area contributed by atoms with Gasteiger partial charge in [0, 0.05) is 27.9 Å². The van der Waals surface area contributed by atoms with E-state index in [-0.39, 0.29) is 0 Å². The molecule has 3 nitrogen and oxygen atoms in total. The molecule has 0 spiro atoms. The number of nitrogens with zero attached hydrogens (tertiary/aromatic N) is 2. The van der Waals surface area contributed by atoms with Gasteiger partial charge in [-0.2, -0.15) is 0 Å². The molecule has 0 unspecified atom stereocenters. The van der Waals surface area contributed by atoms with E-state index < -0.39 is 0 Å². The maximum Gasteiger partial charge on any atom is 0.191 e. The Kier molecular flexibility index (Phi) is 3.24. The SMILES string of the molecule is Cc1nc(-c2cccc(-c3csc(C)n3)c2Br)co1. The number of hydrogen-bond acceptors (Lipinski definition) is 4. The van der Waals surface area contributed by atoms with Crippen LogP contribution in [0.1, 0.15) is 10.9 Å². The monoisotopic (exact) mass is 334 g/mol. The summed E-state index contributed by atoms with van der Waals surface area (Å²) < 4.78 is 6.27. The van der Waals surface area contributed by atoms with Gasteiger partial charge < -0.3 is 4.42 Å². The van der Waals surface area contributed by atoms with Crippen LogP contribution in [0, 0.1) is 13.8 Å². The Bertz CT molecular complexity index is 674. The highest BCUT2D eigenvalue weighted by Gasteiger charge is 2.13. The van der Waals surface area contributed by atoms with Gasteiger partial charge in [-0.3, -0.25) is 0 Å². The van der Waals surface area contributed by atoms with Crippen molar-refractivity contribution in [3.05, 3.63) is 45.2 Å². The molecule has 0 aliphatic rings. The molecule has 0 aliphatic carbocycles. The molecule has 5 heteroatoms. The Labute approximate surface area is 123 Å². The van der Waals surface area contributed by atoms with E-state index in [0.29, 0.717) is 5.89 Å². The molecule has 3 aromatic rings. The molecule has 2 aromatic heterocycles. The molecule has 3 rings (SSSR count). The van der Waals surface area contributed by atoms with E-state index in [1.165, 1.54) is 0 Å². The maximum absolute atomic E-state index is 5.28. The number of aryl methyl sites for hydroxylation is 2. The predicted octanol–water partition coefficient (Wildman–Crippen LogP) is 4.84. The Morgan fingerprint density at radius 1 is 1.11 bits per heavy atom. The van der Waals surface area contributed by atoms with Gasteiger partial charge in [-0.25, -0.2) is 9.97 Å². The summed E-state index contributed by atoms with van der Waals surface area (Å²) in [5.74, 6) is 0.664. The third-order valence-electron chi connectivity index (χ3n) is 2.79. The van der Waals surface area contributed by atoms with Crippen LogP contribution in [-0.4, -0.2) is 9.97 Å². The summed E-state index contributed by atoms with van der Waals surface area (Å²) in [6.07, 6.45) is 1.67. The summed E-state index contributed by atoms with van der Waals surface area (Å²) in [6.45, 7) is 3.85. The van der Waals surface area contributed by atoms with E-state index in [1.54, 1.807) is 17.6 Å². The average molecular weight is 335 g/mol. The molecule has 0 aliphatic heterocycles. The van der Waals surface area contributed by atoms with E-state index in [9.17, 15) is 0 Å². The van der Waals surface area contributed by atoms with Gasteiger partial charge in [-0.1, -0.05) is 18.2 Å². The molecule has 0 saturated carbocycles. The highest BCUT2D eigenvalue weighted by atomic mass is 79.9. The maximum atomic E-state index is 5.28. The van der Waals surface area contributed by atoms with Crippen LogP contribution in [0.3, 0.4) is 0 Å². The molecule has 0 amide bonds. The van der Waals surface area contributed by atoms with Crippen LogP contribution in [0.25, 0.3) is 22.5 Å². The van der Waals surface area contributed by atoms with Crippen molar-refractivity contribution < 1.29 is 4.42 Å². The minimum atomic E-state index is 0.664. The second-order valence-corrected chi connectivity index (χ2v) is 6.03. The van der Waals surface area contributed by atoms with E-state index in [0.717, 1.165) is 32.0 Å². The van der Waals surface area contributed by atoms with Crippen LogP contribution >= 0.6 is 27.3 Å². The van der Waals surface area contributed by atoms with Crippen LogP contribution in [0.5, 0.6) is 0 Å². The molecule has 19 heavy (non-hydrogen) atoms. The van der Waals surface area contributed by atoms with Gasteiger partial charge in [0.1, 0.15) is 12.0 Å². The normalized spacial score (nSPS) is 10.9. The van der Waals surface area contributed by atoms with E-state index in [4.69, 9.17) is 4.42 Å². The molecule has 96 valence electrons. The van der Waals surface area contributed by atoms with Crippen LogP contribution in [0.15, 0.2) is 38.7 Å². The van der Waals surface area contributed by atoms with Crippen molar-refractivity contribution in [2.75, 3.05) is 0 Å². The second-order valence-electron chi connectivity index (χ2n) is 4.17. The van der Waals surface area contributed by atoms with Crippen molar-refractivity contribution in [1.82, 2.24) is 9.97 Å². The largest absolute Gasteiger partial charge is 0.449 e. The van der Waals surface area contributed by atoms with Gasteiger partial charge in [0.2, 0.25) is 0 Å². The molecule has 1 aromatic carbocycles. The Morgan fingerprint density at radius 2 is 1.84 bits per heavy atom. The third kappa shape index (κ3) is 2.35. The van der Waals surface area contributed by atoms with Crippen molar-refractivity contribution in [2.45, 2.75) is 13.8 Å². The van der Waals surface area contributed by atoms with Crippen molar-refractivity contribution in [3.8, 4) is 22.5 Å². The first-order chi connectivity index (χ1) is 9.15. The van der Waals surface area contributed by atoms with Gasteiger partial charge in [0.15, 0.2) is 5.89 Å². The van der Waals surface area contributed by atoms with Gasteiger partial charge in [0.05, 0.1) is 10.7 Å². The van der Waals surface area contributed by atoms with Gasteiger partial charge >= 0.3 is 0 Å². The number of thiazole rings is 1. The van der Waals surface area contributed by atoms with E-state index in [2.05, 4.69) is 37.3 Å². The summed E-state index contributed by atoms with van der Waals surface area (Å²) in [5.41, 5.74) is 3.90. The topological polar surface area (TPSA) is 38.9 Å². The number of hydrogen-bond donors (Lipinski definition) is 0. The molecule has 0 fully saturated rings. The molecule has 0 saturated heterocycles. The van der Waals surface area contributed by atoms with Gasteiger partial charge in [-0.15, -0.1) is 11.3 Å². The average Bonchev–Trinajstić information content (AvgIpc) is 2.99. The highest BCUT2D eigenvalue weighted by Crippen LogP contribution is 2.36. The number of benzene rings is 1. The fraction of sp³-hybridized carbons (Fsp3) is 0.143. The molecular weight excluding hydrogens is 324 g/mol. The summed E-state index contributed by atoms with van der Waals surface area (Å²) >= 11 is 5.30. The van der Waals surface area contributed by atoms with Gasteiger partial charge in [-0.05, 0) is 22.9 Å². The van der Waals surface area contributed by atoms with Crippen LogP contribution in [0.2, 0.25) is 0 Å². The lowest BCUT2D eigenvalue weighted by Gasteiger charge is -2.05. The second kappa shape index (κ2) is 4.90. The zero-order valence-corrected chi connectivity index (χ0v) is 12.9. The van der Waals surface area contributed by atoms with Crippen LogP contribution in [-0.2, 0) is 0 Å². The zero-order chi connectivity index (χ0) is 13.4. The standard InChI is InChI=1S/C14H11BrN2OS/c1-8-16-12(6-18-8)10-4-3-5-11(14(10)15)13-7-19-9(2)17-13/h3-7H,1-2H3. The van der Waals surface area contributed by atoms with E-state index in [1.807, 2.05) is 26.0 Å². The smallest absolute Gasteiger partial charge is 0.191 e. The fourth-order valence-corrected chi connectivity index (χ4v) is 3.19. The molecule has 0 atom stereocenters.